The molecule has 0 aromatic heterocycles. The Morgan fingerprint density at radius 3 is 2.89 bits per heavy atom. The van der Waals surface area contributed by atoms with Crippen LogP contribution in [0, 0.1) is 6.92 Å². The van der Waals surface area contributed by atoms with Gasteiger partial charge in [0.1, 0.15) is 5.84 Å². The van der Waals surface area contributed by atoms with Crippen molar-refractivity contribution in [3.8, 4) is 0 Å². The highest BCUT2D eigenvalue weighted by atomic mass is 79.9. The summed E-state index contributed by atoms with van der Waals surface area (Å²) in [6, 6.07) is 5.89. The number of halogens is 1. The first-order chi connectivity index (χ1) is 9.00. The number of benzene rings is 1. The molecule has 5 nitrogen and oxygen atoms in total. The fourth-order valence-electron chi connectivity index (χ4n) is 1.98. The van der Waals surface area contributed by atoms with Crippen molar-refractivity contribution in [1.29, 1.82) is 0 Å². The van der Waals surface area contributed by atoms with Crippen LogP contribution in [0.25, 0.3) is 0 Å². The molecule has 104 valence electrons. The van der Waals surface area contributed by atoms with Crippen LogP contribution in [0.15, 0.2) is 23.2 Å². The van der Waals surface area contributed by atoms with Crippen molar-refractivity contribution in [2.75, 3.05) is 13.1 Å². The summed E-state index contributed by atoms with van der Waals surface area (Å²) in [5, 5.41) is 3.21. The zero-order chi connectivity index (χ0) is 13.9. The summed E-state index contributed by atoms with van der Waals surface area (Å²) >= 11 is 2.78. The molecule has 0 saturated carbocycles. The normalized spacial score (nSPS) is 15.2. The quantitative estimate of drug-likeness (QED) is 0.789. The summed E-state index contributed by atoms with van der Waals surface area (Å²) in [7, 11) is -3.32. The van der Waals surface area contributed by atoms with E-state index >= 15 is 0 Å². The van der Waals surface area contributed by atoms with Crippen LogP contribution in [-0.4, -0.2) is 27.3 Å². The standard InChI is InChI=1S/C12H16BrN3O2S/c1-9-2-3-10(7-12-14-4-5-15-12)6-11(9)8-19(17,18)16-13/h2-3,6,16H,4-5,7-8H2,1H3,(H,14,15). The number of sulfonamides is 1. The lowest BCUT2D eigenvalue weighted by atomic mass is 10.0. The largest absolute Gasteiger partial charge is 0.372 e. The van der Waals surface area contributed by atoms with E-state index < -0.39 is 10.0 Å². The molecule has 0 bridgehead atoms. The molecule has 0 amide bonds. The van der Waals surface area contributed by atoms with Gasteiger partial charge in [0, 0.05) is 29.1 Å². The fraction of sp³-hybridized carbons (Fsp3) is 0.417. The number of aliphatic imine (C=N–C) groups is 1. The first kappa shape index (κ1) is 14.5. The van der Waals surface area contributed by atoms with E-state index in [1.165, 1.54) is 0 Å². The first-order valence-electron chi connectivity index (χ1n) is 5.96. The predicted molar refractivity (Wildman–Crippen MR) is 79.9 cm³/mol. The van der Waals surface area contributed by atoms with E-state index in [0.29, 0.717) is 0 Å². The molecular formula is C12H16BrN3O2S. The molecule has 0 fully saturated rings. The van der Waals surface area contributed by atoms with Gasteiger partial charge in [-0.2, -0.15) is 0 Å². The number of amidine groups is 1. The van der Waals surface area contributed by atoms with Crippen LogP contribution < -0.4 is 9.06 Å². The van der Waals surface area contributed by atoms with Crippen LogP contribution in [0.4, 0.5) is 0 Å². The highest BCUT2D eigenvalue weighted by molar-refractivity contribution is 9.09. The lowest BCUT2D eigenvalue weighted by Crippen LogP contribution is -2.21. The van der Waals surface area contributed by atoms with E-state index in [9.17, 15) is 8.42 Å². The van der Waals surface area contributed by atoms with Gasteiger partial charge in [-0.25, -0.2) is 8.42 Å². The third kappa shape index (κ3) is 4.02. The van der Waals surface area contributed by atoms with E-state index in [0.717, 1.165) is 42.0 Å². The molecule has 2 N–H and O–H groups in total. The van der Waals surface area contributed by atoms with E-state index in [2.05, 4.69) is 30.2 Å². The summed E-state index contributed by atoms with van der Waals surface area (Å²) in [6.07, 6.45) is 0.717. The number of aryl methyl sites for hydroxylation is 1. The van der Waals surface area contributed by atoms with Gasteiger partial charge in [-0.1, -0.05) is 18.2 Å². The molecule has 19 heavy (non-hydrogen) atoms. The highest BCUT2D eigenvalue weighted by Gasteiger charge is 2.13. The van der Waals surface area contributed by atoms with Crippen LogP contribution in [0.2, 0.25) is 0 Å². The van der Waals surface area contributed by atoms with Gasteiger partial charge in [-0.15, -0.1) is 3.75 Å². The molecular weight excluding hydrogens is 330 g/mol. The maximum atomic E-state index is 11.6. The Labute approximate surface area is 121 Å². The highest BCUT2D eigenvalue weighted by Crippen LogP contribution is 2.15. The maximum Gasteiger partial charge on any atom is 0.225 e. The van der Waals surface area contributed by atoms with Crippen LogP contribution in [-0.2, 0) is 22.2 Å². The molecule has 1 aliphatic rings. The van der Waals surface area contributed by atoms with Crippen LogP contribution in [0.1, 0.15) is 16.7 Å². The number of nitrogens with one attached hydrogen (secondary N) is 2. The Morgan fingerprint density at radius 2 is 2.26 bits per heavy atom. The van der Waals surface area contributed by atoms with Crippen LogP contribution in [0.5, 0.6) is 0 Å². The van der Waals surface area contributed by atoms with Gasteiger partial charge < -0.3 is 5.32 Å². The molecule has 1 aromatic rings. The van der Waals surface area contributed by atoms with Crippen LogP contribution in [0.3, 0.4) is 0 Å². The summed E-state index contributed by atoms with van der Waals surface area (Å²) in [5.41, 5.74) is 2.85. The maximum absolute atomic E-state index is 11.6. The summed E-state index contributed by atoms with van der Waals surface area (Å²) in [4.78, 5) is 4.34. The zero-order valence-corrected chi connectivity index (χ0v) is 13.0. The minimum Gasteiger partial charge on any atom is -0.372 e. The Balaban J connectivity index is 2.19. The second-order valence-electron chi connectivity index (χ2n) is 4.53. The van der Waals surface area contributed by atoms with E-state index in [-0.39, 0.29) is 5.75 Å². The molecule has 0 radical (unpaired) electrons. The molecule has 0 atom stereocenters. The van der Waals surface area contributed by atoms with E-state index in [1.54, 1.807) is 0 Å². The number of nitrogens with zero attached hydrogens (tertiary/aromatic N) is 1. The molecule has 0 saturated heterocycles. The van der Waals surface area contributed by atoms with Gasteiger partial charge in [0.05, 0.1) is 12.3 Å². The minimum absolute atomic E-state index is 0.0299. The van der Waals surface area contributed by atoms with Gasteiger partial charge in [-0.05, 0) is 23.6 Å². The third-order valence-corrected chi connectivity index (χ3v) is 5.40. The van der Waals surface area contributed by atoms with Crippen LogP contribution >= 0.6 is 16.1 Å². The Hall–Kier alpha value is -0.920. The van der Waals surface area contributed by atoms with Gasteiger partial charge in [0.15, 0.2) is 0 Å². The van der Waals surface area contributed by atoms with Gasteiger partial charge >= 0.3 is 0 Å². The van der Waals surface area contributed by atoms with Crippen molar-refractivity contribution in [3.05, 3.63) is 34.9 Å². The van der Waals surface area contributed by atoms with E-state index in [4.69, 9.17) is 0 Å². The lowest BCUT2D eigenvalue weighted by molar-refractivity contribution is 0.594. The zero-order valence-electron chi connectivity index (χ0n) is 10.6. The number of hydrogen-bond acceptors (Lipinski definition) is 4. The average Bonchev–Trinajstić information content (AvgIpc) is 2.86. The van der Waals surface area contributed by atoms with Crippen molar-refractivity contribution in [2.24, 2.45) is 4.99 Å². The Bertz CT molecular complexity index is 599. The van der Waals surface area contributed by atoms with Crippen molar-refractivity contribution in [1.82, 2.24) is 9.06 Å². The minimum atomic E-state index is -3.32. The van der Waals surface area contributed by atoms with Crippen molar-refractivity contribution in [2.45, 2.75) is 19.1 Å². The second kappa shape index (κ2) is 6.02. The summed E-state index contributed by atoms with van der Waals surface area (Å²) in [6.45, 7) is 3.61. The monoisotopic (exact) mass is 345 g/mol. The molecule has 0 spiro atoms. The SMILES string of the molecule is Cc1ccc(CC2=NCCN2)cc1CS(=O)(=O)NBr. The number of rotatable bonds is 5. The van der Waals surface area contributed by atoms with Gasteiger partial charge in [0.25, 0.3) is 0 Å². The van der Waals surface area contributed by atoms with Gasteiger partial charge in [-0.3, -0.25) is 4.99 Å². The average molecular weight is 346 g/mol. The Kier molecular flexibility index (Phi) is 4.59. The topological polar surface area (TPSA) is 70.6 Å². The first-order valence-corrected chi connectivity index (χ1v) is 8.40. The summed E-state index contributed by atoms with van der Waals surface area (Å²) < 4.78 is 25.3. The number of hydrogen-bond donors (Lipinski definition) is 2. The van der Waals surface area contributed by atoms with Crippen molar-refractivity contribution >= 4 is 32.0 Å². The fourth-order valence-corrected chi connectivity index (χ4v) is 3.10. The molecule has 0 aliphatic carbocycles. The third-order valence-electron chi connectivity index (χ3n) is 2.99. The summed E-state index contributed by atoms with van der Waals surface area (Å²) in [5.74, 6) is 0.939. The molecule has 2 rings (SSSR count). The molecule has 1 heterocycles. The van der Waals surface area contributed by atoms with Crippen molar-refractivity contribution < 1.29 is 8.42 Å². The van der Waals surface area contributed by atoms with Crippen molar-refractivity contribution in [3.63, 3.8) is 0 Å². The molecule has 1 aromatic carbocycles. The molecule has 1 aliphatic heterocycles. The van der Waals surface area contributed by atoms with E-state index in [1.807, 2.05) is 25.1 Å². The molecule has 7 heteroatoms. The van der Waals surface area contributed by atoms with Gasteiger partial charge in [0.2, 0.25) is 10.0 Å². The smallest absolute Gasteiger partial charge is 0.225 e. The Morgan fingerprint density at radius 1 is 1.47 bits per heavy atom. The lowest BCUT2D eigenvalue weighted by Gasteiger charge is -2.09. The molecule has 0 unspecified atom stereocenters. The predicted octanol–water partition coefficient (Wildman–Crippen LogP) is 1.27. The second-order valence-corrected chi connectivity index (χ2v) is 7.17.